The summed E-state index contributed by atoms with van der Waals surface area (Å²) in [4.78, 5) is 0.884. The van der Waals surface area contributed by atoms with E-state index in [4.69, 9.17) is 0 Å². The number of benzene rings is 1. The molecule has 0 aliphatic carbocycles. The van der Waals surface area contributed by atoms with Crippen LogP contribution in [0.5, 0.6) is 0 Å². The standard InChI is InChI=1S/C12H14N2OS/c1-3-7-12-14-13-10(2)16(12,15)11-8-5-4-6-9-11/h3-6,8-9,15H,1,7H2,2H3. The molecule has 1 heterocycles. The summed E-state index contributed by atoms with van der Waals surface area (Å²) in [5.41, 5.74) is 0. The van der Waals surface area contributed by atoms with E-state index in [1.807, 2.05) is 37.3 Å². The van der Waals surface area contributed by atoms with E-state index in [2.05, 4.69) is 16.8 Å². The van der Waals surface area contributed by atoms with Gasteiger partial charge in [-0.2, -0.15) is 0 Å². The first-order chi connectivity index (χ1) is 7.69. The topological polar surface area (TPSA) is 45.0 Å². The molecule has 84 valence electrons. The molecule has 0 saturated carbocycles. The lowest BCUT2D eigenvalue weighted by molar-refractivity contribution is 0.649. The van der Waals surface area contributed by atoms with Gasteiger partial charge in [-0.25, -0.2) is 0 Å². The fourth-order valence-electron chi connectivity index (χ4n) is 1.62. The van der Waals surface area contributed by atoms with E-state index in [1.165, 1.54) is 0 Å². The van der Waals surface area contributed by atoms with Gasteiger partial charge in [0.05, 0.1) is 0 Å². The summed E-state index contributed by atoms with van der Waals surface area (Å²) >= 11 is 0. The van der Waals surface area contributed by atoms with Gasteiger partial charge < -0.3 is 4.55 Å². The minimum absolute atomic E-state index is 0.571. The second kappa shape index (κ2) is 4.23. The highest BCUT2D eigenvalue weighted by Crippen LogP contribution is 2.57. The number of hydrogen-bond donors (Lipinski definition) is 1. The Bertz CT molecular complexity index is 467. The van der Waals surface area contributed by atoms with Gasteiger partial charge in [0.15, 0.2) is 0 Å². The third-order valence-electron chi connectivity index (χ3n) is 2.47. The summed E-state index contributed by atoms with van der Waals surface area (Å²) in [6.07, 6.45) is 2.31. The van der Waals surface area contributed by atoms with Crippen molar-refractivity contribution in [3.8, 4) is 0 Å². The zero-order valence-electron chi connectivity index (χ0n) is 9.13. The van der Waals surface area contributed by atoms with Gasteiger partial charge in [-0.3, -0.25) is 0 Å². The Morgan fingerprint density at radius 1 is 1.31 bits per heavy atom. The minimum atomic E-state index is -2.14. The van der Waals surface area contributed by atoms with Gasteiger partial charge in [0.25, 0.3) is 0 Å². The average molecular weight is 234 g/mol. The van der Waals surface area contributed by atoms with Gasteiger partial charge in [0.1, 0.15) is 10.1 Å². The summed E-state index contributed by atoms with van der Waals surface area (Å²) in [6.45, 7) is 5.50. The maximum atomic E-state index is 10.8. The first-order valence-corrected chi connectivity index (χ1v) is 6.61. The van der Waals surface area contributed by atoms with Gasteiger partial charge in [0.2, 0.25) is 0 Å². The molecule has 1 atom stereocenters. The highest BCUT2D eigenvalue weighted by atomic mass is 32.3. The van der Waals surface area contributed by atoms with Crippen molar-refractivity contribution < 1.29 is 4.55 Å². The minimum Gasteiger partial charge on any atom is -0.336 e. The van der Waals surface area contributed by atoms with Crippen molar-refractivity contribution in [2.45, 2.75) is 18.2 Å². The predicted octanol–water partition coefficient (Wildman–Crippen LogP) is 3.64. The third-order valence-corrected chi connectivity index (χ3v) is 5.30. The Labute approximate surface area is 96.7 Å². The van der Waals surface area contributed by atoms with E-state index in [0.29, 0.717) is 16.5 Å². The summed E-state index contributed by atoms with van der Waals surface area (Å²) in [6, 6.07) is 9.59. The SMILES string of the molecule is C=CCC1=NN=C(C)S1(O)c1ccccc1. The van der Waals surface area contributed by atoms with Crippen LogP contribution in [0.15, 0.2) is 58.1 Å². The van der Waals surface area contributed by atoms with Crippen LogP contribution in [0, 0.1) is 0 Å². The molecule has 0 saturated heterocycles. The molecular weight excluding hydrogens is 220 g/mol. The number of allylic oxidation sites excluding steroid dienone is 1. The maximum absolute atomic E-state index is 10.8. The molecule has 1 aliphatic rings. The van der Waals surface area contributed by atoms with Crippen LogP contribution in [0.25, 0.3) is 0 Å². The highest BCUT2D eigenvalue weighted by Gasteiger charge is 2.36. The van der Waals surface area contributed by atoms with Crippen LogP contribution in [-0.2, 0) is 0 Å². The Kier molecular flexibility index (Phi) is 2.94. The lowest BCUT2D eigenvalue weighted by Crippen LogP contribution is -2.14. The summed E-state index contributed by atoms with van der Waals surface area (Å²) < 4.78 is 10.8. The fraction of sp³-hybridized carbons (Fsp3) is 0.167. The molecular formula is C12H14N2OS. The van der Waals surface area contributed by atoms with Gasteiger partial charge in [-0.15, -0.1) is 16.8 Å². The Balaban J connectivity index is 2.47. The van der Waals surface area contributed by atoms with E-state index in [1.54, 1.807) is 6.08 Å². The lowest BCUT2D eigenvalue weighted by atomic mass is 10.4. The van der Waals surface area contributed by atoms with Crippen molar-refractivity contribution in [2.24, 2.45) is 10.2 Å². The number of rotatable bonds is 3. The van der Waals surface area contributed by atoms with Gasteiger partial charge in [0, 0.05) is 11.3 Å². The molecule has 1 aliphatic heterocycles. The lowest BCUT2D eigenvalue weighted by Gasteiger charge is -2.30. The molecule has 0 aromatic heterocycles. The molecule has 1 N–H and O–H groups in total. The van der Waals surface area contributed by atoms with Crippen LogP contribution >= 0.6 is 10.3 Å². The van der Waals surface area contributed by atoms with Crippen LogP contribution in [-0.4, -0.2) is 14.6 Å². The summed E-state index contributed by atoms with van der Waals surface area (Å²) in [7, 11) is -2.14. The van der Waals surface area contributed by atoms with Crippen LogP contribution < -0.4 is 0 Å². The monoisotopic (exact) mass is 234 g/mol. The Morgan fingerprint density at radius 3 is 2.62 bits per heavy atom. The maximum Gasteiger partial charge on any atom is 0.114 e. The third kappa shape index (κ3) is 1.60. The smallest absolute Gasteiger partial charge is 0.114 e. The fourth-order valence-corrected chi connectivity index (χ4v) is 3.81. The first-order valence-electron chi connectivity index (χ1n) is 5.02. The normalized spacial score (nSPS) is 27.9. The predicted molar refractivity (Wildman–Crippen MR) is 70.3 cm³/mol. The second-order valence-electron chi connectivity index (χ2n) is 3.50. The van der Waals surface area contributed by atoms with Crippen molar-refractivity contribution in [3.63, 3.8) is 0 Å². The highest BCUT2D eigenvalue weighted by molar-refractivity contribution is 8.52. The second-order valence-corrected chi connectivity index (χ2v) is 6.19. The quantitative estimate of drug-likeness (QED) is 0.797. The molecule has 0 spiro atoms. The van der Waals surface area contributed by atoms with Crippen molar-refractivity contribution in [1.29, 1.82) is 0 Å². The van der Waals surface area contributed by atoms with Crippen molar-refractivity contribution in [1.82, 2.24) is 0 Å². The van der Waals surface area contributed by atoms with E-state index in [-0.39, 0.29) is 0 Å². The molecule has 3 nitrogen and oxygen atoms in total. The summed E-state index contributed by atoms with van der Waals surface area (Å²) in [5, 5.41) is 9.47. The first kappa shape index (κ1) is 11.1. The van der Waals surface area contributed by atoms with E-state index in [9.17, 15) is 4.55 Å². The van der Waals surface area contributed by atoms with Crippen molar-refractivity contribution in [2.75, 3.05) is 0 Å². The molecule has 4 heteroatoms. The molecule has 1 aromatic rings. The van der Waals surface area contributed by atoms with Crippen LogP contribution in [0.1, 0.15) is 13.3 Å². The van der Waals surface area contributed by atoms with Gasteiger partial charge in [-0.05, 0) is 29.4 Å². The molecule has 0 bridgehead atoms. The number of hydrogen-bond acceptors (Lipinski definition) is 3. The van der Waals surface area contributed by atoms with Crippen molar-refractivity contribution in [3.05, 3.63) is 43.0 Å². The molecule has 1 aromatic carbocycles. The van der Waals surface area contributed by atoms with Gasteiger partial charge in [-0.1, -0.05) is 24.3 Å². The Hall–Kier alpha value is -1.39. The zero-order valence-corrected chi connectivity index (χ0v) is 9.94. The largest absolute Gasteiger partial charge is 0.336 e. The molecule has 1 unspecified atom stereocenters. The number of nitrogens with zero attached hydrogens (tertiary/aromatic N) is 2. The average Bonchev–Trinajstić information content (AvgIpc) is 2.60. The zero-order chi connectivity index (χ0) is 11.6. The molecule has 16 heavy (non-hydrogen) atoms. The van der Waals surface area contributed by atoms with Crippen LogP contribution in [0.2, 0.25) is 0 Å². The van der Waals surface area contributed by atoms with E-state index in [0.717, 1.165) is 4.90 Å². The van der Waals surface area contributed by atoms with E-state index < -0.39 is 10.3 Å². The van der Waals surface area contributed by atoms with E-state index >= 15 is 0 Å². The van der Waals surface area contributed by atoms with Gasteiger partial charge >= 0.3 is 0 Å². The molecule has 0 fully saturated rings. The van der Waals surface area contributed by atoms with Crippen molar-refractivity contribution >= 4 is 20.4 Å². The summed E-state index contributed by atoms with van der Waals surface area (Å²) in [5.74, 6) is 0. The Morgan fingerprint density at radius 2 is 2.00 bits per heavy atom. The van der Waals surface area contributed by atoms with Crippen LogP contribution in [0.3, 0.4) is 0 Å². The molecule has 0 radical (unpaired) electrons. The van der Waals surface area contributed by atoms with Crippen LogP contribution in [0.4, 0.5) is 0 Å². The molecule has 0 amide bonds. The molecule has 2 rings (SSSR count).